The number of carbonyl (C=O) groups excluding carboxylic acids is 1. The monoisotopic (exact) mass is 377 g/mol. The number of para-hydroxylation sites is 3. The molecule has 2 aromatic heterocycles. The maximum Gasteiger partial charge on any atom is 0.275 e. The fourth-order valence-corrected chi connectivity index (χ4v) is 3.98. The van der Waals surface area contributed by atoms with Gasteiger partial charge < -0.3 is 14.6 Å². The van der Waals surface area contributed by atoms with E-state index in [4.69, 9.17) is 4.74 Å². The van der Waals surface area contributed by atoms with Crippen LogP contribution in [-0.4, -0.2) is 22.6 Å². The van der Waals surface area contributed by atoms with Crippen LogP contribution in [0.1, 0.15) is 17.4 Å². The minimum Gasteiger partial charge on any atom is -0.495 e. The van der Waals surface area contributed by atoms with Crippen molar-refractivity contribution in [2.45, 2.75) is 13.5 Å². The lowest BCUT2D eigenvalue weighted by Gasteiger charge is -2.08. The Morgan fingerprint density at radius 2 is 1.96 bits per heavy atom. The molecule has 0 saturated carbocycles. The molecule has 0 aliphatic carbocycles. The van der Waals surface area contributed by atoms with Crippen LogP contribution < -0.4 is 10.1 Å². The first-order valence-electron chi connectivity index (χ1n) is 8.69. The van der Waals surface area contributed by atoms with Gasteiger partial charge in [-0.25, -0.2) is 4.98 Å². The molecular weight excluding hydrogens is 358 g/mol. The number of rotatable bonds is 5. The Morgan fingerprint density at radius 1 is 1.19 bits per heavy atom. The highest BCUT2D eigenvalue weighted by Gasteiger charge is 2.17. The van der Waals surface area contributed by atoms with Gasteiger partial charge in [-0.2, -0.15) is 0 Å². The summed E-state index contributed by atoms with van der Waals surface area (Å²) in [6.45, 7) is 2.95. The van der Waals surface area contributed by atoms with Crippen molar-refractivity contribution in [1.29, 1.82) is 0 Å². The van der Waals surface area contributed by atoms with E-state index in [1.807, 2.05) is 30.3 Å². The molecule has 0 radical (unpaired) electrons. The molecule has 2 heterocycles. The van der Waals surface area contributed by atoms with E-state index in [0.717, 1.165) is 17.2 Å². The second kappa shape index (κ2) is 7.25. The summed E-state index contributed by atoms with van der Waals surface area (Å²) < 4.78 is 7.50. The molecule has 2 aromatic carbocycles. The third-order valence-corrected chi connectivity index (χ3v) is 5.30. The molecule has 136 valence electrons. The van der Waals surface area contributed by atoms with E-state index in [-0.39, 0.29) is 5.91 Å². The number of benzene rings is 2. The van der Waals surface area contributed by atoms with E-state index < -0.39 is 0 Å². The molecule has 0 spiro atoms. The number of hydrogen-bond donors (Lipinski definition) is 1. The van der Waals surface area contributed by atoms with Gasteiger partial charge in [0, 0.05) is 22.8 Å². The summed E-state index contributed by atoms with van der Waals surface area (Å²) in [6.07, 6.45) is 0. The highest BCUT2D eigenvalue weighted by Crippen LogP contribution is 2.31. The van der Waals surface area contributed by atoms with Crippen molar-refractivity contribution in [2.24, 2.45) is 0 Å². The summed E-state index contributed by atoms with van der Waals surface area (Å²) in [5.41, 5.74) is 3.22. The van der Waals surface area contributed by atoms with Gasteiger partial charge in [0.05, 0.1) is 18.5 Å². The van der Waals surface area contributed by atoms with Crippen molar-refractivity contribution in [3.05, 3.63) is 65.7 Å². The van der Waals surface area contributed by atoms with Crippen molar-refractivity contribution in [1.82, 2.24) is 9.55 Å². The van der Waals surface area contributed by atoms with Crippen LogP contribution >= 0.6 is 11.3 Å². The third kappa shape index (κ3) is 3.19. The molecule has 0 unspecified atom stereocenters. The second-order valence-corrected chi connectivity index (χ2v) is 6.88. The highest BCUT2D eigenvalue weighted by molar-refractivity contribution is 7.13. The SMILES string of the molecule is CCn1c(-c2nc(C(=O)Nc3ccccc3OC)cs2)cc2ccccc21. The van der Waals surface area contributed by atoms with Gasteiger partial charge in [-0.05, 0) is 31.2 Å². The molecule has 0 aliphatic rings. The van der Waals surface area contributed by atoms with Crippen LogP contribution in [0.15, 0.2) is 60.0 Å². The van der Waals surface area contributed by atoms with Crippen LogP contribution in [0.4, 0.5) is 5.69 Å². The fraction of sp³-hybridized carbons (Fsp3) is 0.143. The number of fused-ring (bicyclic) bond motifs is 1. The van der Waals surface area contributed by atoms with E-state index in [2.05, 4.69) is 40.0 Å². The Labute approximate surface area is 161 Å². The quantitative estimate of drug-likeness (QED) is 0.530. The van der Waals surface area contributed by atoms with Crippen molar-refractivity contribution in [3.63, 3.8) is 0 Å². The highest BCUT2D eigenvalue weighted by atomic mass is 32.1. The minimum atomic E-state index is -0.249. The van der Waals surface area contributed by atoms with Gasteiger partial charge in [0.15, 0.2) is 0 Å². The molecule has 5 nitrogen and oxygen atoms in total. The molecule has 1 N–H and O–H groups in total. The summed E-state index contributed by atoms with van der Waals surface area (Å²) in [7, 11) is 1.58. The van der Waals surface area contributed by atoms with Crippen molar-refractivity contribution >= 4 is 33.8 Å². The normalized spacial score (nSPS) is 10.9. The van der Waals surface area contributed by atoms with Crippen LogP contribution in [0.5, 0.6) is 5.75 Å². The van der Waals surface area contributed by atoms with Crippen molar-refractivity contribution < 1.29 is 9.53 Å². The number of methoxy groups -OCH3 is 1. The lowest BCUT2D eigenvalue weighted by molar-refractivity contribution is 0.102. The fourth-order valence-electron chi connectivity index (χ4n) is 3.16. The minimum absolute atomic E-state index is 0.249. The molecular formula is C21H19N3O2S. The predicted molar refractivity (Wildman–Crippen MR) is 110 cm³/mol. The van der Waals surface area contributed by atoms with Crippen LogP contribution in [0.25, 0.3) is 21.6 Å². The number of ether oxygens (including phenoxy) is 1. The molecule has 6 heteroatoms. The van der Waals surface area contributed by atoms with E-state index in [0.29, 0.717) is 17.1 Å². The number of aromatic nitrogens is 2. The summed E-state index contributed by atoms with van der Waals surface area (Å²) in [6, 6.07) is 17.7. The Balaban J connectivity index is 1.65. The Morgan fingerprint density at radius 3 is 2.78 bits per heavy atom. The molecule has 0 fully saturated rings. The predicted octanol–water partition coefficient (Wildman–Crippen LogP) is 5.05. The van der Waals surface area contributed by atoms with Gasteiger partial charge >= 0.3 is 0 Å². The summed E-state index contributed by atoms with van der Waals surface area (Å²) >= 11 is 1.47. The molecule has 0 atom stereocenters. The Hall–Kier alpha value is -3.12. The van der Waals surface area contributed by atoms with E-state index >= 15 is 0 Å². The summed E-state index contributed by atoms with van der Waals surface area (Å²) in [4.78, 5) is 17.2. The number of anilines is 1. The number of hydrogen-bond acceptors (Lipinski definition) is 4. The maximum absolute atomic E-state index is 12.6. The van der Waals surface area contributed by atoms with E-state index in [1.165, 1.54) is 22.2 Å². The molecule has 27 heavy (non-hydrogen) atoms. The first-order chi connectivity index (χ1) is 13.2. The lowest BCUT2D eigenvalue weighted by Crippen LogP contribution is -2.13. The topological polar surface area (TPSA) is 56.2 Å². The van der Waals surface area contributed by atoms with E-state index in [9.17, 15) is 4.79 Å². The zero-order chi connectivity index (χ0) is 18.8. The molecule has 0 saturated heterocycles. The number of thiazole rings is 1. The second-order valence-electron chi connectivity index (χ2n) is 6.02. The maximum atomic E-state index is 12.6. The largest absolute Gasteiger partial charge is 0.495 e. The summed E-state index contributed by atoms with van der Waals surface area (Å²) in [5, 5.41) is 6.66. The summed E-state index contributed by atoms with van der Waals surface area (Å²) in [5.74, 6) is 0.369. The molecule has 0 bridgehead atoms. The Bertz CT molecular complexity index is 1110. The van der Waals surface area contributed by atoms with Gasteiger partial charge in [-0.15, -0.1) is 11.3 Å². The standard InChI is InChI=1S/C21H19N3O2S/c1-3-24-17-10-6-4-8-14(17)12-18(24)21-23-16(13-27-21)20(25)22-15-9-5-7-11-19(15)26-2/h4-13H,3H2,1-2H3,(H,22,25). The number of nitrogens with one attached hydrogen (secondary N) is 1. The smallest absolute Gasteiger partial charge is 0.275 e. The average Bonchev–Trinajstić information content (AvgIpc) is 3.32. The average molecular weight is 377 g/mol. The molecule has 4 rings (SSSR count). The molecule has 1 amide bonds. The van der Waals surface area contributed by atoms with Gasteiger partial charge in [0.1, 0.15) is 16.5 Å². The van der Waals surface area contributed by atoms with E-state index in [1.54, 1.807) is 18.6 Å². The van der Waals surface area contributed by atoms with Gasteiger partial charge in [0.2, 0.25) is 0 Å². The number of carbonyl (C=O) groups is 1. The van der Waals surface area contributed by atoms with Gasteiger partial charge in [-0.1, -0.05) is 30.3 Å². The molecule has 4 aromatic rings. The van der Waals surface area contributed by atoms with Gasteiger partial charge in [-0.3, -0.25) is 4.79 Å². The van der Waals surface area contributed by atoms with Crippen LogP contribution in [-0.2, 0) is 6.54 Å². The van der Waals surface area contributed by atoms with Crippen LogP contribution in [0.3, 0.4) is 0 Å². The van der Waals surface area contributed by atoms with Crippen molar-refractivity contribution in [3.8, 4) is 16.5 Å². The zero-order valence-electron chi connectivity index (χ0n) is 15.1. The lowest BCUT2D eigenvalue weighted by atomic mass is 10.2. The van der Waals surface area contributed by atoms with Crippen LogP contribution in [0, 0.1) is 0 Å². The molecule has 0 aliphatic heterocycles. The number of amides is 1. The Kier molecular flexibility index (Phi) is 4.64. The van der Waals surface area contributed by atoms with Gasteiger partial charge in [0.25, 0.3) is 5.91 Å². The first kappa shape index (κ1) is 17.3. The third-order valence-electron chi connectivity index (χ3n) is 4.44. The zero-order valence-corrected chi connectivity index (χ0v) is 15.9. The van der Waals surface area contributed by atoms with Crippen LogP contribution in [0.2, 0.25) is 0 Å². The van der Waals surface area contributed by atoms with Crippen molar-refractivity contribution in [2.75, 3.05) is 12.4 Å². The number of nitrogens with zero attached hydrogens (tertiary/aromatic N) is 2. The first-order valence-corrected chi connectivity index (χ1v) is 9.57. The number of aryl methyl sites for hydroxylation is 1.